The van der Waals surface area contributed by atoms with Crippen LogP contribution in [0.5, 0.6) is 5.75 Å². The van der Waals surface area contributed by atoms with E-state index in [1.54, 1.807) is 0 Å². The lowest BCUT2D eigenvalue weighted by atomic mass is 10.2. The third kappa shape index (κ3) is 4.82. The molecule has 1 amide bonds. The first kappa shape index (κ1) is 12.6. The normalized spacial score (nSPS) is 9.88. The monoisotopic (exact) mass is 221 g/mol. The topological polar surface area (TPSA) is 38.3 Å². The molecule has 3 heteroatoms. The quantitative estimate of drug-likeness (QED) is 0.749. The van der Waals surface area contributed by atoms with Crippen molar-refractivity contribution in [3.8, 4) is 5.75 Å². The maximum Gasteiger partial charge on any atom is 0.221 e. The lowest BCUT2D eigenvalue weighted by Gasteiger charge is -2.07. The highest BCUT2D eigenvalue weighted by Crippen LogP contribution is 2.17. The predicted molar refractivity (Wildman–Crippen MR) is 65.8 cm³/mol. The highest BCUT2D eigenvalue weighted by molar-refractivity contribution is 5.88. The molecule has 0 bridgehead atoms. The lowest BCUT2D eigenvalue weighted by Crippen LogP contribution is -2.05. The Kier molecular flexibility index (Phi) is 5.40. The molecule has 0 aliphatic rings. The van der Waals surface area contributed by atoms with E-state index in [4.69, 9.17) is 4.74 Å². The molecule has 0 saturated heterocycles. The average Bonchev–Trinajstić information content (AvgIpc) is 2.24. The highest BCUT2D eigenvalue weighted by atomic mass is 16.5. The van der Waals surface area contributed by atoms with Crippen LogP contribution < -0.4 is 10.1 Å². The van der Waals surface area contributed by atoms with Crippen LogP contribution in [0, 0.1) is 0 Å². The van der Waals surface area contributed by atoms with Gasteiger partial charge in [-0.15, -0.1) is 0 Å². The first-order chi connectivity index (χ1) is 7.72. The molecule has 0 atom stereocenters. The summed E-state index contributed by atoms with van der Waals surface area (Å²) in [4.78, 5) is 10.9. The van der Waals surface area contributed by atoms with Crippen LogP contribution in [0.1, 0.15) is 33.1 Å². The van der Waals surface area contributed by atoms with Crippen molar-refractivity contribution in [3.63, 3.8) is 0 Å². The van der Waals surface area contributed by atoms with E-state index >= 15 is 0 Å². The van der Waals surface area contributed by atoms with Gasteiger partial charge in [0.1, 0.15) is 5.75 Å². The van der Waals surface area contributed by atoms with Crippen LogP contribution in [0.15, 0.2) is 24.3 Å². The van der Waals surface area contributed by atoms with E-state index in [0.29, 0.717) is 0 Å². The van der Waals surface area contributed by atoms with Crippen LogP contribution in [0.2, 0.25) is 0 Å². The number of hydrogen-bond donors (Lipinski definition) is 1. The van der Waals surface area contributed by atoms with Crippen molar-refractivity contribution in [1.29, 1.82) is 0 Å². The second-order valence-corrected chi connectivity index (χ2v) is 3.76. The van der Waals surface area contributed by atoms with Gasteiger partial charge in [-0.3, -0.25) is 4.79 Å². The summed E-state index contributed by atoms with van der Waals surface area (Å²) in [6.07, 6.45) is 3.45. The van der Waals surface area contributed by atoms with E-state index < -0.39 is 0 Å². The highest BCUT2D eigenvalue weighted by Gasteiger charge is 1.98. The number of rotatable bonds is 6. The van der Waals surface area contributed by atoms with Gasteiger partial charge < -0.3 is 10.1 Å². The predicted octanol–water partition coefficient (Wildman–Crippen LogP) is 3.21. The first-order valence-electron chi connectivity index (χ1n) is 5.73. The van der Waals surface area contributed by atoms with E-state index in [0.717, 1.165) is 24.5 Å². The number of nitrogens with one attached hydrogen (secondary N) is 1. The number of benzene rings is 1. The van der Waals surface area contributed by atoms with Crippen molar-refractivity contribution in [3.05, 3.63) is 24.3 Å². The molecule has 16 heavy (non-hydrogen) atoms. The second-order valence-electron chi connectivity index (χ2n) is 3.76. The standard InChI is InChI=1S/C13H19NO2/c1-3-4-5-9-16-13-8-6-7-12(10-13)14-11(2)15/h6-8,10H,3-5,9H2,1-2H3,(H,14,15). The van der Waals surface area contributed by atoms with Gasteiger partial charge in [-0.1, -0.05) is 25.8 Å². The number of amides is 1. The summed E-state index contributed by atoms with van der Waals surface area (Å²) in [6.45, 7) is 4.39. The third-order valence-electron chi connectivity index (χ3n) is 2.17. The molecule has 1 rings (SSSR count). The molecular formula is C13H19NO2. The minimum atomic E-state index is -0.0665. The van der Waals surface area contributed by atoms with E-state index in [-0.39, 0.29) is 5.91 Å². The van der Waals surface area contributed by atoms with Crippen molar-refractivity contribution in [2.75, 3.05) is 11.9 Å². The minimum Gasteiger partial charge on any atom is -0.494 e. The van der Waals surface area contributed by atoms with E-state index in [2.05, 4.69) is 12.2 Å². The molecule has 0 heterocycles. The smallest absolute Gasteiger partial charge is 0.221 e. The number of carbonyl (C=O) groups is 1. The van der Waals surface area contributed by atoms with Gasteiger partial charge in [0, 0.05) is 18.7 Å². The van der Waals surface area contributed by atoms with Crippen LogP contribution in [-0.4, -0.2) is 12.5 Å². The van der Waals surface area contributed by atoms with Gasteiger partial charge in [0.25, 0.3) is 0 Å². The molecule has 0 aliphatic heterocycles. The largest absolute Gasteiger partial charge is 0.494 e. The van der Waals surface area contributed by atoms with Crippen molar-refractivity contribution in [2.24, 2.45) is 0 Å². The molecule has 0 spiro atoms. The molecule has 0 unspecified atom stereocenters. The van der Waals surface area contributed by atoms with Gasteiger partial charge in [0.05, 0.1) is 6.61 Å². The molecule has 0 aromatic heterocycles. The molecular weight excluding hydrogens is 202 g/mol. The number of unbranched alkanes of at least 4 members (excludes halogenated alkanes) is 2. The maximum absolute atomic E-state index is 10.9. The maximum atomic E-state index is 10.9. The Labute approximate surface area is 96.8 Å². The number of carbonyl (C=O) groups excluding carboxylic acids is 1. The molecule has 0 saturated carbocycles. The fourth-order valence-electron chi connectivity index (χ4n) is 1.41. The molecule has 1 N–H and O–H groups in total. The van der Waals surface area contributed by atoms with Gasteiger partial charge >= 0.3 is 0 Å². The number of hydrogen-bond acceptors (Lipinski definition) is 2. The number of ether oxygens (including phenoxy) is 1. The number of anilines is 1. The minimum absolute atomic E-state index is 0.0665. The summed E-state index contributed by atoms with van der Waals surface area (Å²) >= 11 is 0. The second kappa shape index (κ2) is 6.88. The van der Waals surface area contributed by atoms with Crippen LogP contribution in [0.25, 0.3) is 0 Å². The Morgan fingerprint density at radius 1 is 1.38 bits per heavy atom. The fourth-order valence-corrected chi connectivity index (χ4v) is 1.41. The summed E-state index contributed by atoms with van der Waals surface area (Å²) in [7, 11) is 0. The van der Waals surface area contributed by atoms with Crippen LogP contribution in [0.3, 0.4) is 0 Å². The summed E-state index contributed by atoms with van der Waals surface area (Å²) in [5.41, 5.74) is 0.778. The Hall–Kier alpha value is -1.51. The SMILES string of the molecule is CCCCCOc1cccc(NC(C)=O)c1. The summed E-state index contributed by atoms with van der Waals surface area (Å²) in [5.74, 6) is 0.741. The Morgan fingerprint density at radius 3 is 2.88 bits per heavy atom. The van der Waals surface area contributed by atoms with E-state index in [9.17, 15) is 4.79 Å². The molecule has 0 radical (unpaired) electrons. The third-order valence-corrected chi connectivity index (χ3v) is 2.17. The van der Waals surface area contributed by atoms with Gasteiger partial charge in [0.2, 0.25) is 5.91 Å². The summed E-state index contributed by atoms with van der Waals surface area (Å²) in [5, 5.41) is 2.73. The fraction of sp³-hybridized carbons (Fsp3) is 0.462. The molecule has 0 fully saturated rings. The van der Waals surface area contributed by atoms with E-state index in [1.165, 1.54) is 19.8 Å². The molecule has 0 aliphatic carbocycles. The van der Waals surface area contributed by atoms with E-state index in [1.807, 2.05) is 24.3 Å². The zero-order valence-electron chi connectivity index (χ0n) is 9.95. The first-order valence-corrected chi connectivity index (χ1v) is 5.73. The Morgan fingerprint density at radius 2 is 2.19 bits per heavy atom. The molecule has 3 nitrogen and oxygen atoms in total. The Balaban J connectivity index is 2.44. The van der Waals surface area contributed by atoms with Gasteiger partial charge in [-0.25, -0.2) is 0 Å². The van der Waals surface area contributed by atoms with Gasteiger partial charge in [-0.05, 0) is 18.6 Å². The van der Waals surface area contributed by atoms with Crippen molar-refractivity contribution >= 4 is 11.6 Å². The van der Waals surface area contributed by atoms with Gasteiger partial charge in [-0.2, -0.15) is 0 Å². The summed E-state index contributed by atoms with van der Waals surface area (Å²) in [6, 6.07) is 7.46. The lowest BCUT2D eigenvalue weighted by molar-refractivity contribution is -0.114. The molecule has 88 valence electrons. The van der Waals surface area contributed by atoms with Crippen LogP contribution >= 0.6 is 0 Å². The van der Waals surface area contributed by atoms with Crippen molar-refractivity contribution in [1.82, 2.24) is 0 Å². The Bertz CT molecular complexity index is 336. The average molecular weight is 221 g/mol. The molecule has 1 aromatic carbocycles. The van der Waals surface area contributed by atoms with Crippen LogP contribution in [-0.2, 0) is 4.79 Å². The zero-order chi connectivity index (χ0) is 11.8. The van der Waals surface area contributed by atoms with Crippen LogP contribution in [0.4, 0.5) is 5.69 Å². The van der Waals surface area contributed by atoms with Crippen molar-refractivity contribution < 1.29 is 9.53 Å². The summed E-state index contributed by atoms with van der Waals surface area (Å²) < 4.78 is 5.58. The van der Waals surface area contributed by atoms with Gasteiger partial charge in [0.15, 0.2) is 0 Å². The molecule has 1 aromatic rings. The van der Waals surface area contributed by atoms with Crippen molar-refractivity contribution in [2.45, 2.75) is 33.1 Å². The zero-order valence-corrected chi connectivity index (χ0v) is 9.95.